The number of hydrogen-bond acceptors (Lipinski definition) is 9. The predicted molar refractivity (Wildman–Crippen MR) is 243 cm³/mol. The third-order valence-corrected chi connectivity index (χ3v) is 12.3. The minimum absolute atomic E-state index is 0. The molecule has 0 spiro atoms. The summed E-state index contributed by atoms with van der Waals surface area (Å²) in [4.78, 5) is 21.8. The first kappa shape index (κ1) is 42.0. The molecule has 6 aromatic rings. The normalized spacial score (nSPS) is 14.6. The minimum atomic E-state index is -1.10. The van der Waals surface area contributed by atoms with Crippen LogP contribution >= 0.6 is 12.4 Å². The lowest BCUT2D eigenvalue weighted by molar-refractivity contribution is 0.0898. The SMILES string of the molecule is CN(C)c1ccc(-c2cnc3[nH]cc(N4CCOCC4)c3c2)cc1.CN(C)c1ccc(-c2cnc3c(c2)c(N2CCOCC2)cn3COCC[Si](C)(C)C)cc1.Cl. The minimum Gasteiger partial charge on any atom is -0.378 e. The number of benzene rings is 2. The van der Waals surface area contributed by atoms with Gasteiger partial charge in [-0.3, -0.25) is 0 Å². The Balaban J connectivity index is 0.000000196. The van der Waals surface area contributed by atoms with Crippen LogP contribution in [-0.4, -0.2) is 115 Å². The second-order valence-corrected chi connectivity index (χ2v) is 21.9. The highest BCUT2D eigenvalue weighted by atomic mass is 35.5. The molecule has 57 heavy (non-hydrogen) atoms. The molecule has 4 aromatic heterocycles. The van der Waals surface area contributed by atoms with Crippen LogP contribution in [0.1, 0.15) is 0 Å². The lowest BCUT2D eigenvalue weighted by Crippen LogP contribution is -2.36. The fourth-order valence-electron chi connectivity index (χ4n) is 7.12. The van der Waals surface area contributed by atoms with Crippen molar-refractivity contribution < 1.29 is 14.2 Å². The zero-order chi connectivity index (χ0) is 39.2. The zero-order valence-corrected chi connectivity index (χ0v) is 36.4. The average molecular weight is 812 g/mol. The molecule has 2 fully saturated rings. The molecule has 8 rings (SSSR count). The first-order valence-corrected chi connectivity index (χ1v) is 23.5. The van der Waals surface area contributed by atoms with Gasteiger partial charge in [-0.2, -0.15) is 0 Å². The van der Waals surface area contributed by atoms with Crippen LogP contribution in [0, 0.1) is 0 Å². The van der Waals surface area contributed by atoms with E-state index in [2.05, 4.69) is 155 Å². The molecule has 11 nitrogen and oxygen atoms in total. The molecular weight excluding hydrogens is 752 g/mol. The highest BCUT2D eigenvalue weighted by molar-refractivity contribution is 6.76. The number of H-pyrrole nitrogens is 1. The molecule has 1 N–H and O–H groups in total. The Morgan fingerprint density at radius 2 is 1.19 bits per heavy atom. The zero-order valence-electron chi connectivity index (χ0n) is 34.6. The summed E-state index contributed by atoms with van der Waals surface area (Å²) in [5.41, 5.74) is 11.4. The van der Waals surface area contributed by atoms with Gasteiger partial charge in [0.1, 0.15) is 18.0 Å². The smallest absolute Gasteiger partial charge is 0.143 e. The van der Waals surface area contributed by atoms with E-state index < -0.39 is 8.07 Å². The molecule has 2 aliphatic heterocycles. The number of nitrogens with zero attached hydrogens (tertiary/aromatic N) is 7. The van der Waals surface area contributed by atoms with E-state index >= 15 is 0 Å². The Morgan fingerprint density at radius 3 is 1.72 bits per heavy atom. The summed E-state index contributed by atoms with van der Waals surface area (Å²) in [6, 6.07) is 22.9. The highest BCUT2D eigenvalue weighted by Gasteiger charge is 2.20. The average Bonchev–Trinajstić information content (AvgIpc) is 3.81. The number of halogens is 1. The second kappa shape index (κ2) is 18.8. The Morgan fingerprint density at radius 1 is 0.684 bits per heavy atom. The van der Waals surface area contributed by atoms with Crippen molar-refractivity contribution in [3.8, 4) is 22.3 Å². The van der Waals surface area contributed by atoms with E-state index in [1.807, 2.05) is 12.4 Å². The first-order chi connectivity index (χ1) is 27.0. The maximum absolute atomic E-state index is 6.06. The van der Waals surface area contributed by atoms with Crippen LogP contribution in [0.5, 0.6) is 0 Å². The maximum Gasteiger partial charge on any atom is 0.143 e. The van der Waals surface area contributed by atoms with Crippen LogP contribution in [-0.2, 0) is 20.9 Å². The molecule has 2 aromatic carbocycles. The summed E-state index contributed by atoms with van der Waals surface area (Å²) in [6.07, 6.45) is 8.18. The standard InChI is InChI=1S/C25H36N4O2Si.C19H22N4O.ClH/c1-27(2)22-8-6-20(7-9-22)21-16-23-24(28-10-12-30-13-11-28)18-29(25(23)26-17-21)19-31-14-15-32(3,4)5;1-22(2)16-5-3-14(4-6-16)15-11-17-18(13-21-19(17)20-12-15)23-7-9-24-10-8-23;/h6-9,16-18H,10-15,19H2,1-5H3;3-6,11-13H,7-10H2,1-2H3,(H,20,21);1H. The molecule has 0 amide bonds. The number of aromatic amines is 1. The third-order valence-electron chi connectivity index (χ3n) is 10.6. The van der Waals surface area contributed by atoms with Crippen LogP contribution in [0.2, 0.25) is 25.7 Å². The van der Waals surface area contributed by atoms with Crippen molar-refractivity contribution in [1.29, 1.82) is 0 Å². The van der Waals surface area contributed by atoms with E-state index in [-0.39, 0.29) is 12.4 Å². The predicted octanol–water partition coefficient (Wildman–Crippen LogP) is 8.47. The van der Waals surface area contributed by atoms with E-state index in [9.17, 15) is 0 Å². The van der Waals surface area contributed by atoms with Crippen molar-refractivity contribution in [1.82, 2.24) is 19.5 Å². The molecular formula is C44H59ClN8O3Si. The molecule has 304 valence electrons. The van der Waals surface area contributed by atoms with Gasteiger partial charge in [-0.05, 0) is 53.6 Å². The van der Waals surface area contributed by atoms with E-state index in [0.29, 0.717) is 6.73 Å². The van der Waals surface area contributed by atoms with Crippen LogP contribution in [0.3, 0.4) is 0 Å². The summed E-state index contributed by atoms with van der Waals surface area (Å²) in [5.74, 6) is 0. The van der Waals surface area contributed by atoms with Gasteiger partial charge in [0.15, 0.2) is 0 Å². The van der Waals surface area contributed by atoms with Crippen molar-refractivity contribution in [3.63, 3.8) is 0 Å². The van der Waals surface area contributed by atoms with E-state index in [0.717, 1.165) is 81.6 Å². The third kappa shape index (κ3) is 10.3. The van der Waals surface area contributed by atoms with Crippen molar-refractivity contribution in [2.24, 2.45) is 0 Å². The van der Waals surface area contributed by atoms with Gasteiger partial charge >= 0.3 is 0 Å². The molecule has 0 aliphatic carbocycles. The number of aromatic nitrogens is 4. The number of pyridine rings is 2. The Kier molecular flexibility index (Phi) is 13.8. The monoisotopic (exact) mass is 810 g/mol. The summed E-state index contributed by atoms with van der Waals surface area (Å²) in [6.45, 7) is 15.2. The largest absolute Gasteiger partial charge is 0.378 e. The lowest BCUT2D eigenvalue weighted by atomic mass is 10.1. The molecule has 2 aliphatic rings. The molecule has 0 unspecified atom stereocenters. The van der Waals surface area contributed by atoms with Crippen molar-refractivity contribution >= 4 is 65.3 Å². The molecule has 6 heterocycles. The van der Waals surface area contributed by atoms with Gasteiger partial charge in [-0.1, -0.05) is 43.9 Å². The summed E-state index contributed by atoms with van der Waals surface area (Å²) in [7, 11) is 7.13. The molecule has 0 saturated carbocycles. The van der Waals surface area contributed by atoms with Crippen LogP contribution in [0.25, 0.3) is 44.3 Å². The van der Waals surface area contributed by atoms with Crippen LogP contribution < -0.4 is 19.6 Å². The van der Waals surface area contributed by atoms with Gasteiger partial charge in [0.05, 0.1) is 37.8 Å². The summed E-state index contributed by atoms with van der Waals surface area (Å²) >= 11 is 0. The molecule has 0 bridgehead atoms. The highest BCUT2D eigenvalue weighted by Crippen LogP contribution is 2.34. The Bertz CT molecular complexity index is 2190. The lowest BCUT2D eigenvalue weighted by Gasteiger charge is -2.28. The number of fused-ring (bicyclic) bond motifs is 2. The van der Waals surface area contributed by atoms with Crippen molar-refractivity contribution in [2.75, 3.05) is 107 Å². The fourth-order valence-corrected chi connectivity index (χ4v) is 7.88. The summed E-state index contributed by atoms with van der Waals surface area (Å²) < 4.78 is 19.3. The Hall–Kier alpha value is -4.59. The van der Waals surface area contributed by atoms with E-state index in [1.165, 1.54) is 50.7 Å². The van der Waals surface area contributed by atoms with Gasteiger partial charge in [-0.15, -0.1) is 12.4 Å². The first-order valence-electron chi connectivity index (χ1n) is 19.8. The molecule has 0 radical (unpaired) electrons. The molecule has 13 heteroatoms. The van der Waals surface area contributed by atoms with Gasteiger partial charge in [0.2, 0.25) is 0 Å². The van der Waals surface area contributed by atoms with E-state index in [4.69, 9.17) is 19.2 Å². The quantitative estimate of drug-likeness (QED) is 0.102. The molecule has 0 atom stereocenters. The molecule has 2 saturated heterocycles. The van der Waals surface area contributed by atoms with Gasteiger partial charge < -0.3 is 43.4 Å². The Labute approximate surface area is 345 Å². The van der Waals surface area contributed by atoms with Gasteiger partial charge in [0.25, 0.3) is 0 Å². The maximum atomic E-state index is 6.06. The number of anilines is 4. The number of morpholine rings is 2. The van der Waals surface area contributed by atoms with Gasteiger partial charge in [-0.25, -0.2) is 9.97 Å². The number of ether oxygens (including phenoxy) is 3. The van der Waals surface area contributed by atoms with Crippen molar-refractivity contribution in [3.05, 3.63) is 85.5 Å². The number of rotatable bonds is 11. The second-order valence-electron chi connectivity index (χ2n) is 16.3. The van der Waals surface area contributed by atoms with Crippen molar-refractivity contribution in [2.45, 2.75) is 32.4 Å². The summed E-state index contributed by atoms with van der Waals surface area (Å²) in [5, 5.41) is 2.35. The van der Waals surface area contributed by atoms with E-state index in [1.54, 1.807) is 0 Å². The van der Waals surface area contributed by atoms with Crippen LogP contribution in [0.4, 0.5) is 22.7 Å². The van der Waals surface area contributed by atoms with Gasteiger partial charge in [0, 0.05) is 127 Å². The fraction of sp³-hybridized carbons (Fsp3) is 0.409. The topological polar surface area (TPSA) is 87.2 Å². The number of hydrogen-bond donors (Lipinski definition) is 1. The number of nitrogens with one attached hydrogen (secondary N) is 1. The van der Waals surface area contributed by atoms with Crippen LogP contribution in [0.15, 0.2) is 85.5 Å².